The van der Waals surface area contributed by atoms with Crippen LogP contribution in [0.4, 0.5) is 0 Å². The third-order valence-corrected chi connectivity index (χ3v) is 16.2. The van der Waals surface area contributed by atoms with E-state index in [2.05, 4.69) is 179 Å². The lowest BCUT2D eigenvalue weighted by atomic mass is 9.22. The molecule has 1 aromatic carbocycles. The van der Waals surface area contributed by atoms with Crippen molar-refractivity contribution in [3.05, 3.63) is 132 Å². The van der Waals surface area contributed by atoms with Gasteiger partial charge < -0.3 is 0 Å². The maximum atomic E-state index is 2.75. The van der Waals surface area contributed by atoms with E-state index in [9.17, 15) is 0 Å². The molecule has 7 rings (SSSR count). The quantitative estimate of drug-likeness (QED) is 0.340. The summed E-state index contributed by atoms with van der Waals surface area (Å²) in [6.45, 7) is 25.9. The molecule has 2 saturated carbocycles. The van der Waals surface area contributed by atoms with Gasteiger partial charge in [0.15, 0.2) is 0 Å². The molecule has 0 saturated heterocycles. The van der Waals surface area contributed by atoms with Crippen molar-refractivity contribution in [1.82, 2.24) is 0 Å². The van der Waals surface area contributed by atoms with Gasteiger partial charge in [-0.3, -0.25) is 0 Å². The zero-order valence-electron chi connectivity index (χ0n) is 28.3. The second-order valence-electron chi connectivity index (χ2n) is 16.4. The average molecular weight is 569 g/mol. The normalized spacial score (nSPS) is 48.2. The smallest absolute Gasteiger partial charge is 0.0179 e. The van der Waals surface area contributed by atoms with E-state index >= 15 is 0 Å². The van der Waals surface area contributed by atoms with Crippen LogP contribution in [0.3, 0.4) is 0 Å². The lowest BCUT2D eigenvalue weighted by Crippen LogP contribution is -2.76. The van der Waals surface area contributed by atoms with Crippen LogP contribution in [0.2, 0.25) is 0 Å². The van der Waals surface area contributed by atoms with E-state index in [1.54, 1.807) is 5.57 Å². The standard InChI is InChI=1S/C43H52/c1-30-22-24-33(25-23-30)40(7,32-19-11-12-20-32)35-34-21-17-18-31(2)41(34,8)43(10)39(6)29-16-14-27-37(39,4)36(3)26-13-15-28-38(36,5)42(35,43)9/h11-19,21-29,34-35H,20H2,1-10H3. The summed E-state index contributed by atoms with van der Waals surface area (Å²) in [6.07, 6.45) is 35.5. The van der Waals surface area contributed by atoms with Gasteiger partial charge in [0, 0.05) is 32.5 Å². The first-order valence-electron chi connectivity index (χ1n) is 16.7. The van der Waals surface area contributed by atoms with E-state index in [-0.39, 0.29) is 43.3 Å². The van der Waals surface area contributed by atoms with Crippen LogP contribution in [0, 0.1) is 56.7 Å². The van der Waals surface area contributed by atoms with Crippen LogP contribution in [-0.2, 0) is 5.41 Å². The molecule has 224 valence electrons. The topological polar surface area (TPSA) is 0 Å². The molecular formula is C43H52. The van der Waals surface area contributed by atoms with Crippen LogP contribution in [0.5, 0.6) is 0 Å². The minimum absolute atomic E-state index is 0.0510. The summed E-state index contributed by atoms with van der Waals surface area (Å²) in [4.78, 5) is 0. The molecular weight excluding hydrogens is 516 g/mol. The summed E-state index contributed by atoms with van der Waals surface area (Å²) < 4.78 is 0. The van der Waals surface area contributed by atoms with E-state index < -0.39 is 0 Å². The van der Waals surface area contributed by atoms with Crippen LogP contribution < -0.4 is 0 Å². The zero-order valence-corrected chi connectivity index (χ0v) is 28.3. The maximum Gasteiger partial charge on any atom is 0.0179 e. The number of hydrogen-bond donors (Lipinski definition) is 0. The minimum Gasteiger partial charge on any atom is -0.0804 e. The predicted molar refractivity (Wildman–Crippen MR) is 184 cm³/mol. The number of fused-ring (bicyclic) bond motifs is 8. The predicted octanol–water partition coefficient (Wildman–Crippen LogP) is 11.2. The third-order valence-electron chi connectivity index (χ3n) is 16.2. The maximum absolute atomic E-state index is 2.75. The fourth-order valence-electron chi connectivity index (χ4n) is 13.0. The third kappa shape index (κ3) is 2.71. The fraction of sp³-hybridized carbons (Fsp3) is 0.488. The van der Waals surface area contributed by atoms with Crippen molar-refractivity contribution in [2.24, 2.45) is 49.7 Å². The number of aryl methyl sites for hydroxylation is 1. The van der Waals surface area contributed by atoms with E-state index in [4.69, 9.17) is 0 Å². The van der Waals surface area contributed by atoms with E-state index in [1.165, 1.54) is 16.7 Å². The summed E-state index contributed by atoms with van der Waals surface area (Å²) in [5.74, 6) is 0.726. The molecule has 0 bridgehead atoms. The molecule has 1 aromatic rings. The molecule has 0 nitrogen and oxygen atoms in total. The number of allylic oxidation sites excluding steroid dienone is 16. The highest BCUT2D eigenvalue weighted by Crippen LogP contribution is 2.92. The van der Waals surface area contributed by atoms with Crippen molar-refractivity contribution in [1.29, 1.82) is 0 Å². The van der Waals surface area contributed by atoms with E-state index in [0.717, 1.165) is 6.42 Å². The Morgan fingerprint density at radius 3 is 1.79 bits per heavy atom. The molecule has 0 aromatic heterocycles. The first kappa shape index (κ1) is 28.9. The van der Waals surface area contributed by atoms with Gasteiger partial charge in [0.05, 0.1) is 0 Å². The molecule has 0 radical (unpaired) electrons. The summed E-state index contributed by atoms with van der Waals surface area (Å²) in [6, 6.07) is 9.60. The van der Waals surface area contributed by atoms with Gasteiger partial charge in [0.25, 0.3) is 0 Å². The summed E-state index contributed by atoms with van der Waals surface area (Å²) in [5.41, 5.74) is 5.07. The first-order valence-corrected chi connectivity index (χ1v) is 16.7. The second-order valence-corrected chi connectivity index (χ2v) is 16.4. The Balaban J connectivity index is 1.67. The van der Waals surface area contributed by atoms with Gasteiger partial charge in [-0.2, -0.15) is 0 Å². The van der Waals surface area contributed by atoms with Crippen LogP contribution in [0.15, 0.2) is 120 Å². The Morgan fingerprint density at radius 1 is 0.651 bits per heavy atom. The Morgan fingerprint density at radius 2 is 1.21 bits per heavy atom. The van der Waals surface area contributed by atoms with Crippen molar-refractivity contribution in [3.63, 3.8) is 0 Å². The van der Waals surface area contributed by atoms with Crippen LogP contribution in [0.25, 0.3) is 0 Å². The Bertz CT molecular complexity index is 1630. The van der Waals surface area contributed by atoms with Crippen molar-refractivity contribution in [3.8, 4) is 0 Å². The van der Waals surface area contributed by atoms with Crippen LogP contribution >= 0.6 is 0 Å². The van der Waals surface area contributed by atoms with Crippen LogP contribution in [-0.4, -0.2) is 0 Å². The molecule has 0 heterocycles. The monoisotopic (exact) mass is 568 g/mol. The van der Waals surface area contributed by atoms with Gasteiger partial charge in [-0.25, -0.2) is 0 Å². The van der Waals surface area contributed by atoms with Crippen molar-refractivity contribution < 1.29 is 0 Å². The molecule has 0 heteroatoms. The lowest BCUT2D eigenvalue weighted by molar-refractivity contribution is -0.275. The molecule has 0 amide bonds. The summed E-state index contributed by atoms with van der Waals surface area (Å²) >= 11 is 0. The van der Waals surface area contributed by atoms with Crippen molar-refractivity contribution in [2.75, 3.05) is 0 Å². The second kappa shape index (κ2) is 8.44. The molecule has 10 unspecified atom stereocenters. The molecule has 6 aliphatic carbocycles. The average Bonchev–Trinajstić information content (AvgIpc) is 3.58. The van der Waals surface area contributed by atoms with Gasteiger partial charge >= 0.3 is 0 Å². The van der Waals surface area contributed by atoms with Crippen molar-refractivity contribution >= 4 is 0 Å². The Labute approximate surface area is 261 Å². The molecule has 6 aliphatic rings. The molecule has 10 atom stereocenters. The Kier molecular flexibility index (Phi) is 5.67. The lowest BCUT2D eigenvalue weighted by Gasteiger charge is -2.80. The van der Waals surface area contributed by atoms with Gasteiger partial charge in [-0.05, 0) is 48.5 Å². The molecule has 0 spiro atoms. The van der Waals surface area contributed by atoms with Crippen LogP contribution in [0.1, 0.15) is 79.9 Å². The largest absolute Gasteiger partial charge is 0.0804 e. The summed E-state index contributed by atoms with van der Waals surface area (Å²) in [5, 5.41) is 0. The zero-order chi connectivity index (χ0) is 30.9. The molecule has 43 heavy (non-hydrogen) atoms. The van der Waals surface area contributed by atoms with Crippen molar-refractivity contribution in [2.45, 2.75) is 81.1 Å². The minimum atomic E-state index is -0.158. The molecule has 0 aliphatic heterocycles. The van der Waals surface area contributed by atoms with E-state index in [0.29, 0.717) is 11.8 Å². The first-order chi connectivity index (χ1) is 20.2. The number of benzene rings is 1. The highest BCUT2D eigenvalue weighted by atomic mass is 14.9. The molecule has 2 fully saturated rings. The van der Waals surface area contributed by atoms with Gasteiger partial charge in [-0.1, -0.05) is 181 Å². The Hall–Kier alpha value is -2.86. The van der Waals surface area contributed by atoms with Gasteiger partial charge in [0.2, 0.25) is 0 Å². The highest BCUT2D eigenvalue weighted by Gasteiger charge is 2.88. The fourth-order valence-corrected chi connectivity index (χ4v) is 13.0. The van der Waals surface area contributed by atoms with E-state index in [1.807, 2.05) is 0 Å². The summed E-state index contributed by atoms with van der Waals surface area (Å²) in [7, 11) is 0. The SMILES string of the molecule is CC1=CC=CC2C(C(C)(C3=CC=CC3)c3ccc(C)cc3)C3(C)C4(C)C=CC=CC4(C)C4(C)C=CC=CC4(C)C3(C)C12C. The molecule has 0 N–H and O–H groups in total. The number of rotatable bonds is 3. The van der Waals surface area contributed by atoms with Gasteiger partial charge in [0.1, 0.15) is 0 Å². The highest BCUT2D eigenvalue weighted by molar-refractivity contribution is 5.55. The van der Waals surface area contributed by atoms with Gasteiger partial charge in [-0.15, -0.1) is 0 Å². The number of hydrogen-bond acceptors (Lipinski definition) is 0.